The highest BCUT2D eigenvalue weighted by Crippen LogP contribution is 2.21. The Labute approximate surface area is 154 Å². The molecule has 2 fully saturated rings. The lowest BCUT2D eigenvalue weighted by Gasteiger charge is -2.37. The molecule has 0 bridgehead atoms. The Kier molecular flexibility index (Phi) is 6.32. The van der Waals surface area contributed by atoms with Gasteiger partial charge in [-0.15, -0.1) is 0 Å². The van der Waals surface area contributed by atoms with E-state index < -0.39 is 0 Å². The lowest BCUT2D eigenvalue weighted by atomic mass is 10.0. The first-order valence-corrected chi connectivity index (χ1v) is 9.44. The van der Waals surface area contributed by atoms with Gasteiger partial charge in [0.15, 0.2) is 0 Å². The number of likely N-dealkylation sites (tertiary alicyclic amines) is 1. The molecule has 0 aliphatic carbocycles. The van der Waals surface area contributed by atoms with E-state index in [-0.39, 0.29) is 24.2 Å². The number of furan rings is 1. The smallest absolute Gasteiger partial charge is 0.225 e. The molecule has 7 nitrogen and oxygen atoms in total. The second-order valence-corrected chi connectivity index (χ2v) is 7.46. The summed E-state index contributed by atoms with van der Waals surface area (Å²) >= 11 is 0. The SMILES string of the molecule is CC(C)C(CNC(=O)C1CC(=O)N(Cc2ccco2)C1)N1CCOCC1. The van der Waals surface area contributed by atoms with Crippen LogP contribution < -0.4 is 5.32 Å². The topological polar surface area (TPSA) is 75.0 Å². The van der Waals surface area contributed by atoms with Crippen molar-refractivity contribution < 1.29 is 18.7 Å². The maximum atomic E-state index is 12.6. The molecule has 3 heterocycles. The van der Waals surface area contributed by atoms with Gasteiger partial charge in [-0.3, -0.25) is 14.5 Å². The minimum atomic E-state index is -0.282. The van der Waals surface area contributed by atoms with E-state index in [2.05, 4.69) is 24.1 Å². The number of morpholine rings is 1. The standard InChI is InChI=1S/C19H29N3O4/c1-14(2)17(21-5-8-25-9-6-21)11-20-19(24)15-10-18(23)22(12-15)13-16-4-3-7-26-16/h3-4,7,14-15,17H,5-6,8-13H2,1-2H3,(H,20,24). The van der Waals surface area contributed by atoms with Gasteiger partial charge in [-0.05, 0) is 18.1 Å². The number of carbonyl (C=O) groups is 2. The van der Waals surface area contributed by atoms with Crippen LogP contribution >= 0.6 is 0 Å². The van der Waals surface area contributed by atoms with Gasteiger partial charge < -0.3 is 19.4 Å². The average Bonchev–Trinajstić information content (AvgIpc) is 3.26. The van der Waals surface area contributed by atoms with Crippen LogP contribution in [0.4, 0.5) is 0 Å². The molecule has 2 aliphatic heterocycles. The fraction of sp³-hybridized carbons (Fsp3) is 0.684. The van der Waals surface area contributed by atoms with Gasteiger partial charge in [0.05, 0.1) is 31.9 Å². The molecule has 3 rings (SSSR count). The quantitative estimate of drug-likeness (QED) is 0.785. The summed E-state index contributed by atoms with van der Waals surface area (Å²) in [6, 6.07) is 3.94. The molecule has 144 valence electrons. The minimum absolute atomic E-state index is 0.00939. The average molecular weight is 363 g/mol. The molecule has 26 heavy (non-hydrogen) atoms. The van der Waals surface area contributed by atoms with Crippen molar-refractivity contribution >= 4 is 11.8 Å². The fourth-order valence-corrected chi connectivity index (χ4v) is 3.74. The zero-order chi connectivity index (χ0) is 18.5. The van der Waals surface area contributed by atoms with E-state index in [4.69, 9.17) is 9.15 Å². The number of amides is 2. The van der Waals surface area contributed by atoms with Gasteiger partial charge in [0.2, 0.25) is 11.8 Å². The molecule has 1 aromatic rings. The van der Waals surface area contributed by atoms with E-state index in [1.807, 2.05) is 6.07 Å². The third-order valence-corrected chi connectivity index (χ3v) is 5.28. The molecule has 1 N–H and O–H groups in total. The molecule has 0 aromatic carbocycles. The molecule has 2 unspecified atom stereocenters. The number of ether oxygens (including phenoxy) is 1. The lowest BCUT2D eigenvalue weighted by Crippen LogP contribution is -2.51. The van der Waals surface area contributed by atoms with Crippen LogP contribution in [0.15, 0.2) is 22.8 Å². The Morgan fingerprint density at radius 1 is 1.35 bits per heavy atom. The van der Waals surface area contributed by atoms with Crippen LogP contribution in [0.3, 0.4) is 0 Å². The number of nitrogens with zero attached hydrogens (tertiary/aromatic N) is 2. The summed E-state index contributed by atoms with van der Waals surface area (Å²) < 4.78 is 10.7. The van der Waals surface area contributed by atoms with E-state index in [9.17, 15) is 9.59 Å². The predicted molar refractivity (Wildman–Crippen MR) is 96.3 cm³/mol. The Hall–Kier alpha value is -1.86. The summed E-state index contributed by atoms with van der Waals surface area (Å²) in [4.78, 5) is 28.9. The molecule has 0 spiro atoms. The zero-order valence-electron chi connectivity index (χ0n) is 15.6. The van der Waals surface area contributed by atoms with Gasteiger partial charge in [-0.2, -0.15) is 0 Å². The van der Waals surface area contributed by atoms with Crippen molar-refractivity contribution in [3.63, 3.8) is 0 Å². The summed E-state index contributed by atoms with van der Waals surface area (Å²) in [6.45, 7) is 9.14. The van der Waals surface area contributed by atoms with E-state index in [1.165, 1.54) is 0 Å². The molecule has 0 radical (unpaired) electrons. The van der Waals surface area contributed by atoms with Crippen LogP contribution in [0, 0.1) is 11.8 Å². The Morgan fingerprint density at radius 3 is 2.77 bits per heavy atom. The highest BCUT2D eigenvalue weighted by atomic mass is 16.5. The van der Waals surface area contributed by atoms with Crippen LogP contribution in [0.2, 0.25) is 0 Å². The summed E-state index contributed by atoms with van der Waals surface area (Å²) in [5, 5.41) is 3.08. The Balaban J connectivity index is 1.50. The van der Waals surface area contributed by atoms with Crippen molar-refractivity contribution in [2.24, 2.45) is 11.8 Å². The third-order valence-electron chi connectivity index (χ3n) is 5.28. The van der Waals surface area contributed by atoms with Crippen LogP contribution in [0.25, 0.3) is 0 Å². The van der Waals surface area contributed by atoms with Gasteiger partial charge in [0.1, 0.15) is 5.76 Å². The Bertz CT molecular complexity index is 596. The van der Waals surface area contributed by atoms with E-state index >= 15 is 0 Å². The lowest BCUT2D eigenvalue weighted by molar-refractivity contribution is -0.129. The van der Waals surface area contributed by atoms with Crippen molar-refractivity contribution in [1.29, 1.82) is 0 Å². The van der Waals surface area contributed by atoms with Crippen LogP contribution in [-0.4, -0.2) is 67.0 Å². The van der Waals surface area contributed by atoms with Gasteiger partial charge in [0.25, 0.3) is 0 Å². The summed E-state index contributed by atoms with van der Waals surface area (Å²) in [5.41, 5.74) is 0. The first-order chi connectivity index (χ1) is 12.5. The maximum Gasteiger partial charge on any atom is 0.225 e. The van der Waals surface area contributed by atoms with Gasteiger partial charge in [-0.25, -0.2) is 0 Å². The number of hydrogen-bond donors (Lipinski definition) is 1. The van der Waals surface area contributed by atoms with Crippen molar-refractivity contribution in [3.05, 3.63) is 24.2 Å². The molecular formula is C19H29N3O4. The molecule has 0 saturated carbocycles. The predicted octanol–water partition coefficient (Wildman–Crippen LogP) is 1.10. The minimum Gasteiger partial charge on any atom is -0.467 e. The van der Waals surface area contributed by atoms with Gasteiger partial charge >= 0.3 is 0 Å². The first-order valence-electron chi connectivity index (χ1n) is 9.44. The number of rotatable bonds is 7. The van der Waals surface area contributed by atoms with Gasteiger partial charge in [-0.1, -0.05) is 13.8 Å². The maximum absolute atomic E-state index is 12.6. The van der Waals surface area contributed by atoms with Crippen molar-refractivity contribution in [3.8, 4) is 0 Å². The molecule has 2 atom stereocenters. The molecule has 2 saturated heterocycles. The van der Waals surface area contributed by atoms with E-state index in [0.29, 0.717) is 31.6 Å². The summed E-state index contributed by atoms with van der Waals surface area (Å²) in [6.07, 6.45) is 1.87. The molecule has 2 amide bonds. The number of hydrogen-bond acceptors (Lipinski definition) is 5. The number of carbonyl (C=O) groups excluding carboxylic acids is 2. The van der Waals surface area contributed by atoms with Crippen molar-refractivity contribution in [2.75, 3.05) is 39.4 Å². The van der Waals surface area contributed by atoms with Crippen molar-refractivity contribution in [2.45, 2.75) is 32.9 Å². The highest BCUT2D eigenvalue weighted by Gasteiger charge is 2.35. The summed E-state index contributed by atoms with van der Waals surface area (Å²) in [5.74, 6) is 0.880. The molecule has 2 aliphatic rings. The van der Waals surface area contributed by atoms with Crippen LogP contribution in [-0.2, 0) is 20.9 Å². The van der Waals surface area contributed by atoms with Crippen LogP contribution in [0.1, 0.15) is 26.0 Å². The second-order valence-electron chi connectivity index (χ2n) is 7.46. The second kappa shape index (κ2) is 8.68. The van der Waals surface area contributed by atoms with Crippen LogP contribution in [0.5, 0.6) is 0 Å². The van der Waals surface area contributed by atoms with E-state index in [1.54, 1.807) is 17.2 Å². The summed E-state index contributed by atoms with van der Waals surface area (Å²) in [7, 11) is 0. The fourth-order valence-electron chi connectivity index (χ4n) is 3.74. The highest BCUT2D eigenvalue weighted by molar-refractivity contribution is 5.89. The molecule has 1 aromatic heterocycles. The Morgan fingerprint density at radius 2 is 2.12 bits per heavy atom. The van der Waals surface area contributed by atoms with E-state index in [0.717, 1.165) is 32.1 Å². The first kappa shape index (κ1) is 18.9. The largest absolute Gasteiger partial charge is 0.467 e. The molecular weight excluding hydrogens is 334 g/mol. The number of nitrogens with one attached hydrogen (secondary N) is 1. The molecule has 7 heteroatoms. The van der Waals surface area contributed by atoms with Crippen molar-refractivity contribution in [1.82, 2.24) is 15.1 Å². The normalized spacial score (nSPS) is 22.8. The zero-order valence-corrected chi connectivity index (χ0v) is 15.6. The van der Waals surface area contributed by atoms with Gasteiger partial charge in [0, 0.05) is 38.6 Å². The monoisotopic (exact) mass is 363 g/mol. The third kappa shape index (κ3) is 4.65.